The third-order valence-corrected chi connectivity index (χ3v) is 4.48. The molecular weight excluding hydrogens is 250 g/mol. The third-order valence-electron chi connectivity index (χ3n) is 3.80. The molecule has 1 saturated carbocycles. The number of nitrogens with two attached hydrogens (primary N) is 1. The molecule has 1 aromatic rings. The minimum atomic E-state index is 0.368. The van der Waals surface area contributed by atoms with E-state index in [0.717, 1.165) is 6.54 Å². The molecule has 0 heterocycles. The van der Waals surface area contributed by atoms with Gasteiger partial charge in [0.25, 0.3) is 0 Å². The minimum Gasteiger partial charge on any atom is -0.330 e. The Morgan fingerprint density at radius 1 is 1.40 bits per heavy atom. The molecule has 0 spiro atoms. The zero-order valence-corrected chi connectivity index (χ0v) is 11.1. The molecular formula is C13H18BrN. The molecule has 1 nitrogen and oxygen atoms in total. The summed E-state index contributed by atoms with van der Waals surface area (Å²) < 4.78 is 1.23. The summed E-state index contributed by atoms with van der Waals surface area (Å²) in [4.78, 5) is 0. The molecule has 2 rings (SSSR count). The normalized spacial score (nSPS) is 27.8. The van der Waals surface area contributed by atoms with Crippen LogP contribution in [-0.2, 0) is 0 Å². The van der Waals surface area contributed by atoms with Crippen molar-refractivity contribution in [1.82, 2.24) is 0 Å². The Labute approximate surface area is 100 Å². The monoisotopic (exact) mass is 267 g/mol. The standard InChI is InChI=1S/C13H18BrN/c1-8-4-5-9(11(14)6-8)12-10(7-15)13(12,2)3/h4-6,10,12H,7,15H2,1-3H3/t10-,12-/m1/s1. The number of rotatable bonds is 2. The van der Waals surface area contributed by atoms with Crippen molar-refractivity contribution in [2.45, 2.75) is 26.7 Å². The van der Waals surface area contributed by atoms with Crippen molar-refractivity contribution in [3.63, 3.8) is 0 Å². The number of aryl methyl sites for hydroxylation is 1. The van der Waals surface area contributed by atoms with Gasteiger partial charge in [-0.2, -0.15) is 0 Å². The molecule has 0 saturated heterocycles. The first kappa shape index (κ1) is 11.2. The van der Waals surface area contributed by atoms with Crippen LogP contribution in [0.4, 0.5) is 0 Å². The van der Waals surface area contributed by atoms with Crippen LogP contribution in [0.5, 0.6) is 0 Å². The van der Waals surface area contributed by atoms with Gasteiger partial charge in [-0.15, -0.1) is 0 Å². The summed E-state index contributed by atoms with van der Waals surface area (Å²) in [6.45, 7) is 7.52. The van der Waals surface area contributed by atoms with Gasteiger partial charge in [0.1, 0.15) is 0 Å². The quantitative estimate of drug-likeness (QED) is 0.873. The Balaban J connectivity index is 2.33. The summed E-state index contributed by atoms with van der Waals surface area (Å²) in [6, 6.07) is 6.61. The molecule has 2 atom stereocenters. The average molecular weight is 268 g/mol. The average Bonchev–Trinajstić information content (AvgIpc) is 2.68. The molecule has 2 heteroatoms. The SMILES string of the molecule is Cc1ccc([C@@H]2[C@@H](CN)C2(C)C)c(Br)c1. The molecule has 15 heavy (non-hydrogen) atoms. The van der Waals surface area contributed by atoms with Crippen molar-refractivity contribution >= 4 is 15.9 Å². The smallest absolute Gasteiger partial charge is 0.0213 e. The maximum atomic E-state index is 5.80. The molecule has 0 unspecified atom stereocenters. The first-order valence-corrected chi connectivity index (χ1v) is 6.24. The molecule has 82 valence electrons. The summed E-state index contributed by atoms with van der Waals surface area (Å²) in [6.07, 6.45) is 0. The maximum Gasteiger partial charge on any atom is 0.0213 e. The number of benzene rings is 1. The van der Waals surface area contributed by atoms with Gasteiger partial charge >= 0.3 is 0 Å². The van der Waals surface area contributed by atoms with Gasteiger partial charge < -0.3 is 5.73 Å². The second-order valence-electron chi connectivity index (χ2n) is 5.17. The predicted octanol–water partition coefficient (Wildman–Crippen LogP) is 3.46. The highest BCUT2D eigenvalue weighted by Gasteiger charge is 2.57. The van der Waals surface area contributed by atoms with Crippen LogP contribution in [0.15, 0.2) is 22.7 Å². The zero-order chi connectivity index (χ0) is 11.2. The molecule has 1 fully saturated rings. The van der Waals surface area contributed by atoms with E-state index in [0.29, 0.717) is 17.3 Å². The van der Waals surface area contributed by atoms with E-state index in [1.165, 1.54) is 15.6 Å². The fourth-order valence-electron chi connectivity index (χ4n) is 2.69. The van der Waals surface area contributed by atoms with E-state index in [1.54, 1.807) is 0 Å². The summed E-state index contributed by atoms with van der Waals surface area (Å²) >= 11 is 3.66. The van der Waals surface area contributed by atoms with Gasteiger partial charge in [-0.05, 0) is 47.9 Å². The van der Waals surface area contributed by atoms with Crippen molar-refractivity contribution in [3.05, 3.63) is 33.8 Å². The predicted molar refractivity (Wildman–Crippen MR) is 67.9 cm³/mol. The lowest BCUT2D eigenvalue weighted by Crippen LogP contribution is -2.05. The lowest BCUT2D eigenvalue weighted by molar-refractivity contribution is 0.558. The van der Waals surface area contributed by atoms with Crippen molar-refractivity contribution in [2.75, 3.05) is 6.54 Å². The Hall–Kier alpha value is -0.340. The lowest BCUT2D eigenvalue weighted by atomic mass is 10.0. The Morgan fingerprint density at radius 3 is 2.53 bits per heavy atom. The van der Waals surface area contributed by atoms with Gasteiger partial charge in [0, 0.05) is 4.47 Å². The Morgan fingerprint density at radius 2 is 2.07 bits per heavy atom. The van der Waals surface area contributed by atoms with Gasteiger partial charge in [0.05, 0.1) is 0 Å². The minimum absolute atomic E-state index is 0.368. The summed E-state index contributed by atoms with van der Waals surface area (Å²) in [7, 11) is 0. The van der Waals surface area contributed by atoms with E-state index in [1.807, 2.05) is 0 Å². The van der Waals surface area contributed by atoms with Crippen LogP contribution >= 0.6 is 15.9 Å². The van der Waals surface area contributed by atoms with Crippen molar-refractivity contribution in [1.29, 1.82) is 0 Å². The molecule has 0 amide bonds. The third kappa shape index (κ3) is 1.74. The molecule has 1 aliphatic carbocycles. The second-order valence-corrected chi connectivity index (χ2v) is 6.02. The van der Waals surface area contributed by atoms with E-state index in [9.17, 15) is 0 Å². The van der Waals surface area contributed by atoms with Crippen LogP contribution < -0.4 is 5.73 Å². The summed E-state index contributed by atoms with van der Waals surface area (Å²) in [5.41, 5.74) is 8.89. The molecule has 0 bridgehead atoms. The Bertz CT molecular complexity index is 384. The lowest BCUT2D eigenvalue weighted by Gasteiger charge is -2.06. The van der Waals surface area contributed by atoms with Crippen molar-refractivity contribution in [3.8, 4) is 0 Å². The molecule has 0 radical (unpaired) electrons. The van der Waals surface area contributed by atoms with Crippen molar-refractivity contribution in [2.24, 2.45) is 17.1 Å². The summed E-state index contributed by atoms with van der Waals surface area (Å²) in [5.74, 6) is 1.26. The highest BCUT2D eigenvalue weighted by atomic mass is 79.9. The zero-order valence-electron chi connectivity index (χ0n) is 9.55. The Kier molecular flexibility index (Phi) is 2.68. The maximum absolute atomic E-state index is 5.80. The van der Waals surface area contributed by atoms with Gasteiger partial charge in [0.15, 0.2) is 0 Å². The second kappa shape index (κ2) is 3.60. The van der Waals surface area contributed by atoms with Gasteiger partial charge in [-0.1, -0.05) is 41.9 Å². The van der Waals surface area contributed by atoms with E-state index in [-0.39, 0.29) is 0 Å². The largest absolute Gasteiger partial charge is 0.330 e. The highest BCUT2D eigenvalue weighted by Crippen LogP contribution is 2.64. The van der Waals surface area contributed by atoms with E-state index < -0.39 is 0 Å². The van der Waals surface area contributed by atoms with Crippen LogP contribution in [0.2, 0.25) is 0 Å². The molecule has 2 N–H and O–H groups in total. The van der Waals surface area contributed by atoms with E-state index >= 15 is 0 Å². The van der Waals surface area contributed by atoms with E-state index in [4.69, 9.17) is 5.73 Å². The first-order chi connectivity index (χ1) is 6.98. The van der Waals surface area contributed by atoms with Gasteiger partial charge in [-0.25, -0.2) is 0 Å². The first-order valence-electron chi connectivity index (χ1n) is 5.44. The van der Waals surface area contributed by atoms with Crippen LogP contribution in [0.3, 0.4) is 0 Å². The van der Waals surface area contributed by atoms with Crippen LogP contribution in [-0.4, -0.2) is 6.54 Å². The van der Waals surface area contributed by atoms with Crippen LogP contribution in [0, 0.1) is 18.3 Å². The number of hydrogen-bond donors (Lipinski definition) is 1. The fraction of sp³-hybridized carbons (Fsp3) is 0.538. The molecule has 1 aromatic carbocycles. The molecule has 0 aromatic heterocycles. The van der Waals surface area contributed by atoms with Crippen LogP contribution in [0.25, 0.3) is 0 Å². The fourth-order valence-corrected chi connectivity index (χ4v) is 3.43. The summed E-state index contributed by atoms with van der Waals surface area (Å²) in [5, 5.41) is 0. The van der Waals surface area contributed by atoms with Crippen molar-refractivity contribution < 1.29 is 0 Å². The molecule has 0 aliphatic heterocycles. The van der Waals surface area contributed by atoms with Crippen LogP contribution in [0.1, 0.15) is 30.9 Å². The number of halogens is 1. The number of hydrogen-bond acceptors (Lipinski definition) is 1. The van der Waals surface area contributed by atoms with E-state index in [2.05, 4.69) is 54.9 Å². The van der Waals surface area contributed by atoms with Gasteiger partial charge in [-0.3, -0.25) is 0 Å². The molecule has 1 aliphatic rings. The highest BCUT2D eigenvalue weighted by molar-refractivity contribution is 9.10. The topological polar surface area (TPSA) is 26.0 Å². The van der Waals surface area contributed by atoms with Gasteiger partial charge in [0.2, 0.25) is 0 Å².